The van der Waals surface area contributed by atoms with E-state index in [-0.39, 0.29) is 0 Å². The van der Waals surface area contributed by atoms with E-state index in [9.17, 15) is 0 Å². The highest BCUT2D eigenvalue weighted by atomic mass is 16.5. The summed E-state index contributed by atoms with van der Waals surface area (Å²) in [5, 5.41) is 33.1. The van der Waals surface area contributed by atoms with Crippen molar-refractivity contribution in [1.29, 1.82) is 0 Å². The number of nitrogens with zero attached hydrogens (tertiary/aromatic N) is 1. The Balaban J connectivity index is 0.000000333. The fraction of sp³-hybridized carbons (Fsp3) is 0.474. The van der Waals surface area contributed by atoms with Gasteiger partial charge in [-0.05, 0) is 5.56 Å². The number of benzene rings is 1. The Morgan fingerprint density at radius 3 is 2.13 bits per heavy atom. The molecule has 2 heterocycles. The Labute approximate surface area is 178 Å². The van der Waals surface area contributed by atoms with Crippen LogP contribution in [0, 0.1) is 0 Å². The minimum atomic E-state index is -1.82. The van der Waals surface area contributed by atoms with Crippen molar-refractivity contribution in [2.75, 3.05) is 39.5 Å². The number of fused-ring (bicyclic) bond motifs is 1. The van der Waals surface area contributed by atoms with Crippen LogP contribution in [0.1, 0.15) is 5.56 Å². The van der Waals surface area contributed by atoms with Crippen LogP contribution < -0.4 is 5.32 Å². The molecule has 0 unspecified atom stereocenters. The summed E-state index contributed by atoms with van der Waals surface area (Å²) in [6, 6.07) is 11.3. The smallest absolute Gasteiger partial charge is 0.414 e. The largest absolute Gasteiger partial charge is 0.473 e. The number of hydrogen-bond acceptors (Lipinski definition) is 8. The van der Waals surface area contributed by atoms with E-state index < -0.39 is 23.9 Å². The summed E-state index contributed by atoms with van der Waals surface area (Å²) in [5.41, 5.74) is 1.24. The summed E-state index contributed by atoms with van der Waals surface area (Å²) in [4.78, 5) is 38.9. The van der Waals surface area contributed by atoms with E-state index in [1.54, 1.807) is 0 Å². The molecule has 1 aromatic rings. The first-order chi connectivity index (χ1) is 14.7. The van der Waals surface area contributed by atoms with Crippen LogP contribution in [0.4, 0.5) is 0 Å². The topological polar surface area (TPSA) is 183 Å². The third kappa shape index (κ3) is 11.1. The zero-order valence-electron chi connectivity index (χ0n) is 16.7. The van der Waals surface area contributed by atoms with Gasteiger partial charge in [0.1, 0.15) is 0 Å². The molecule has 12 heteroatoms. The number of nitrogens with one attached hydrogen (secondary N) is 1. The Kier molecular flexibility index (Phi) is 11.8. The second-order valence-electron chi connectivity index (χ2n) is 6.55. The van der Waals surface area contributed by atoms with Crippen molar-refractivity contribution in [3.8, 4) is 0 Å². The number of aliphatic carboxylic acids is 4. The van der Waals surface area contributed by atoms with E-state index in [0.29, 0.717) is 18.7 Å². The lowest BCUT2D eigenvalue weighted by Crippen LogP contribution is -2.61. The molecule has 5 N–H and O–H groups in total. The first-order valence-electron chi connectivity index (χ1n) is 9.30. The van der Waals surface area contributed by atoms with Gasteiger partial charge in [-0.3, -0.25) is 4.90 Å². The van der Waals surface area contributed by atoms with Crippen LogP contribution in [0.15, 0.2) is 30.3 Å². The molecule has 172 valence electrons. The van der Waals surface area contributed by atoms with Crippen LogP contribution >= 0.6 is 0 Å². The second-order valence-corrected chi connectivity index (χ2v) is 6.55. The molecule has 3 rings (SSSR count). The van der Waals surface area contributed by atoms with E-state index in [4.69, 9.17) is 49.1 Å². The zero-order valence-corrected chi connectivity index (χ0v) is 16.7. The fourth-order valence-corrected chi connectivity index (χ4v) is 2.77. The highest BCUT2D eigenvalue weighted by molar-refractivity contribution is 6.27. The predicted octanol–water partition coefficient (Wildman–Crippen LogP) is -0.813. The molecule has 2 atom stereocenters. The molecule has 31 heavy (non-hydrogen) atoms. The number of carboxylic acid groups (broad SMARTS) is 4. The summed E-state index contributed by atoms with van der Waals surface area (Å²) < 4.78 is 11.3. The van der Waals surface area contributed by atoms with Crippen molar-refractivity contribution in [3.63, 3.8) is 0 Å². The Bertz CT molecular complexity index is 680. The third-order valence-electron chi connectivity index (χ3n) is 4.24. The lowest BCUT2D eigenvalue weighted by Gasteiger charge is -2.42. The van der Waals surface area contributed by atoms with Crippen LogP contribution in [0.2, 0.25) is 0 Å². The SMILES string of the molecule is O=C(O)C(=O)O.O=C(O)C(=O)O.c1ccc(COC[C@@H]2CN3CCOC[C@@H]3CN2)cc1. The van der Waals surface area contributed by atoms with E-state index >= 15 is 0 Å². The minimum absolute atomic E-state index is 0.443. The van der Waals surface area contributed by atoms with Crippen LogP contribution in [0.5, 0.6) is 0 Å². The van der Waals surface area contributed by atoms with Crippen molar-refractivity contribution in [1.82, 2.24) is 10.2 Å². The van der Waals surface area contributed by atoms with E-state index in [0.717, 1.165) is 39.5 Å². The summed E-state index contributed by atoms with van der Waals surface area (Å²) >= 11 is 0. The van der Waals surface area contributed by atoms with Crippen LogP contribution in [0.25, 0.3) is 0 Å². The summed E-state index contributed by atoms with van der Waals surface area (Å²) in [6.07, 6.45) is 0. The van der Waals surface area contributed by atoms with Crippen molar-refractivity contribution >= 4 is 23.9 Å². The molecule has 12 nitrogen and oxygen atoms in total. The van der Waals surface area contributed by atoms with Gasteiger partial charge in [-0.25, -0.2) is 19.2 Å². The summed E-state index contributed by atoms with van der Waals surface area (Å²) in [7, 11) is 0. The molecule has 2 fully saturated rings. The lowest BCUT2D eigenvalue weighted by atomic mass is 10.1. The zero-order chi connectivity index (χ0) is 23.2. The number of rotatable bonds is 4. The molecule has 0 amide bonds. The molecule has 1 aromatic carbocycles. The highest BCUT2D eigenvalue weighted by Crippen LogP contribution is 2.12. The standard InChI is InChI=1S/C15H22N2O2.2C2H2O4/c1-2-4-13(5-3-1)10-19-11-14-9-17-6-7-18-12-15(17)8-16-14;2*3-1(4)2(5)6/h1-5,14-16H,6-12H2;2*(H,3,4)(H,5,6)/t14-,15-;;/m0../s1. The van der Waals surface area contributed by atoms with Crippen LogP contribution in [-0.4, -0.2) is 101 Å². The van der Waals surface area contributed by atoms with Crippen molar-refractivity contribution in [2.45, 2.75) is 18.7 Å². The Hall–Kier alpha value is -3.06. The lowest BCUT2D eigenvalue weighted by molar-refractivity contribution is -0.159. The number of ether oxygens (including phenoxy) is 2. The van der Waals surface area contributed by atoms with E-state index in [1.165, 1.54) is 5.56 Å². The van der Waals surface area contributed by atoms with Gasteiger partial charge in [0.2, 0.25) is 0 Å². The van der Waals surface area contributed by atoms with Crippen LogP contribution in [-0.2, 0) is 35.3 Å². The summed E-state index contributed by atoms with van der Waals surface area (Å²) in [6.45, 7) is 6.35. The van der Waals surface area contributed by atoms with Gasteiger partial charge in [0.15, 0.2) is 0 Å². The van der Waals surface area contributed by atoms with Crippen molar-refractivity contribution in [2.24, 2.45) is 0 Å². The van der Waals surface area contributed by atoms with Gasteiger partial charge < -0.3 is 35.2 Å². The van der Waals surface area contributed by atoms with Crippen molar-refractivity contribution < 1.29 is 49.1 Å². The maximum atomic E-state index is 9.10. The van der Waals surface area contributed by atoms with Gasteiger partial charge in [-0.1, -0.05) is 30.3 Å². The molecule has 2 saturated heterocycles. The molecule has 0 radical (unpaired) electrons. The predicted molar refractivity (Wildman–Crippen MR) is 105 cm³/mol. The van der Waals surface area contributed by atoms with Gasteiger partial charge in [0.05, 0.1) is 26.4 Å². The Morgan fingerprint density at radius 1 is 1.00 bits per heavy atom. The molecule has 0 saturated carbocycles. The van der Waals surface area contributed by atoms with Gasteiger partial charge in [0, 0.05) is 31.7 Å². The maximum Gasteiger partial charge on any atom is 0.414 e. The van der Waals surface area contributed by atoms with Crippen LogP contribution in [0.3, 0.4) is 0 Å². The van der Waals surface area contributed by atoms with E-state index in [2.05, 4.69) is 34.5 Å². The molecule has 0 bridgehead atoms. The Morgan fingerprint density at radius 2 is 1.58 bits per heavy atom. The van der Waals surface area contributed by atoms with Gasteiger partial charge in [-0.15, -0.1) is 0 Å². The first-order valence-corrected chi connectivity index (χ1v) is 9.30. The second kappa shape index (κ2) is 14.0. The summed E-state index contributed by atoms with van der Waals surface area (Å²) in [5.74, 6) is -7.30. The first kappa shape index (κ1) is 26.0. The van der Waals surface area contributed by atoms with Gasteiger partial charge in [-0.2, -0.15) is 0 Å². The molecule has 2 aliphatic heterocycles. The normalized spacial score (nSPS) is 20.0. The number of piperazine rings is 1. The average Bonchev–Trinajstić information content (AvgIpc) is 2.75. The van der Waals surface area contributed by atoms with Crippen molar-refractivity contribution in [3.05, 3.63) is 35.9 Å². The fourth-order valence-electron chi connectivity index (χ4n) is 2.77. The highest BCUT2D eigenvalue weighted by Gasteiger charge is 2.30. The molecular formula is C19H26N2O10. The van der Waals surface area contributed by atoms with E-state index in [1.807, 2.05) is 6.07 Å². The molecule has 0 aromatic heterocycles. The van der Waals surface area contributed by atoms with Gasteiger partial charge >= 0.3 is 23.9 Å². The number of carboxylic acids is 4. The number of hydrogen-bond donors (Lipinski definition) is 5. The molecular weight excluding hydrogens is 416 g/mol. The minimum Gasteiger partial charge on any atom is -0.473 e. The number of carbonyl (C=O) groups is 4. The average molecular weight is 442 g/mol. The third-order valence-corrected chi connectivity index (χ3v) is 4.24. The monoisotopic (exact) mass is 442 g/mol. The molecule has 2 aliphatic rings. The molecule has 0 spiro atoms. The molecule has 0 aliphatic carbocycles. The number of morpholine rings is 1. The van der Waals surface area contributed by atoms with Gasteiger partial charge in [0.25, 0.3) is 0 Å². The maximum absolute atomic E-state index is 9.10. The quantitative estimate of drug-likeness (QED) is 0.366.